The molecule has 16 saturated carbocycles. The molecule has 12 unspecified atom stereocenters. The first-order valence-electron chi connectivity index (χ1n) is 34.9. The standard InChI is InChI=1S/C19H32O3.2C18H28O5.C18H30O4/c1-7-15(3,4)14(20)22-19-11-16(5)8-17(6,12-19)10-18(21,9-16)13(19)2;2*1-4-16(2,3)15(20)22-10-14(19)23-18-8-12-5-13(9-18)7-17(21,6-12)11-18;1-6-14(3,4)13(19)22-18-9-15(5)7-16(20,11-18)10-17(21,8-15)12(18)2/h13,21H,7-12H2,1-6H3;2*12-13,21H,4-11H2,1-3H3;12,20-21H,6-11H2,1-5H3. The molecule has 17 heteroatoms. The van der Waals surface area contributed by atoms with Gasteiger partial charge in [-0.15, -0.1) is 0 Å². The first-order valence-corrected chi connectivity index (χ1v) is 34.9. The smallest absolute Gasteiger partial charge is 0.344 e. The van der Waals surface area contributed by atoms with Gasteiger partial charge in [0.2, 0.25) is 0 Å². The van der Waals surface area contributed by atoms with Crippen LogP contribution in [0.5, 0.6) is 0 Å². The zero-order valence-electron chi connectivity index (χ0n) is 58.4. The second-order valence-electron chi connectivity index (χ2n) is 36.8. The molecule has 0 aromatic rings. The lowest BCUT2D eigenvalue weighted by Crippen LogP contribution is -2.74. The molecule has 0 saturated heterocycles. The van der Waals surface area contributed by atoms with Crippen LogP contribution in [-0.2, 0) is 57.2 Å². The summed E-state index contributed by atoms with van der Waals surface area (Å²) in [5, 5.41) is 54.6. The molecule has 12 atom stereocenters. The average Bonchev–Trinajstić information content (AvgIpc) is 0.698. The van der Waals surface area contributed by atoms with Crippen molar-refractivity contribution >= 4 is 35.8 Å². The van der Waals surface area contributed by atoms with Crippen molar-refractivity contribution in [2.75, 3.05) is 13.2 Å². The van der Waals surface area contributed by atoms with Gasteiger partial charge in [0.25, 0.3) is 0 Å². The zero-order valence-corrected chi connectivity index (χ0v) is 58.4. The van der Waals surface area contributed by atoms with Gasteiger partial charge in [-0.05, 0) is 237 Å². The van der Waals surface area contributed by atoms with Gasteiger partial charge >= 0.3 is 35.8 Å². The van der Waals surface area contributed by atoms with Gasteiger partial charge in [-0.25, -0.2) is 9.59 Å². The van der Waals surface area contributed by atoms with E-state index in [1.54, 1.807) is 27.7 Å². The van der Waals surface area contributed by atoms with Crippen LogP contribution in [0, 0.1) is 73.4 Å². The lowest BCUT2D eigenvalue weighted by atomic mass is 9.39. The minimum atomic E-state index is -0.922. The SMILES string of the molecule is CCC(C)(C)C(=O)OC12CC3(C)CC(C)(CC(O)(C3)C1C)C2.CCC(C)(C)C(=O)OC12CC3(C)CC(O)(CC(O)(C3)C1C)C2.CCC(C)(C)C(=O)OCC(=O)OC12CC3CC(CC(O)(C3)C1)C2.CCC(C)(C)C(=O)OCC(=O)OC12CC3CC(CC(O)(C3)C1)C2. The molecule has 17 nitrogen and oxygen atoms in total. The molecule has 0 aromatic carbocycles. The fourth-order valence-electron chi connectivity index (χ4n) is 21.8. The Morgan fingerprint density at radius 1 is 0.367 bits per heavy atom. The van der Waals surface area contributed by atoms with Crippen LogP contribution in [0.2, 0.25) is 0 Å². The Bertz CT molecular complexity index is 2520. The molecule has 512 valence electrons. The van der Waals surface area contributed by atoms with Gasteiger partial charge in [-0.3, -0.25) is 19.2 Å². The minimum absolute atomic E-state index is 0.0260. The van der Waals surface area contributed by atoms with Crippen molar-refractivity contribution < 1.29 is 82.7 Å². The van der Waals surface area contributed by atoms with Gasteiger partial charge in [0.1, 0.15) is 22.4 Å². The van der Waals surface area contributed by atoms with Crippen molar-refractivity contribution in [1.29, 1.82) is 0 Å². The zero-order chi connectivity index (χ0) is 67.0. The van der Waals surface area contributed by atoms with Crippen LogP contribution >= 0.6 is 0 Å². The van der Waals surface area contributed by atoms with E-state index < -0.39 is 84.0 Å². The number of hydrogen-bond donors (Lipinski definition) is 5. The summed E-state index contributed by atoms with van der Waals surface area (Å²) >= 11 is 0. The minimum Gasteiger partial charge on any atom is -0.458 e. The highest BCUT2D eigenvalue weighted by Crippen LogP contribution is 2.71. The summed E-state index contributed by atoms with van der Waals surface area (Å²) < 4.78 is 34.0. The number of ether oxygens (including phenoxy) is 6. The van der Waals surface area contributed by atoms with Crippen LogP contribution in [0.25, 0.3) is 0 Å². The summed E-state index contributed by atoms with van der Waals surface area (Å²) in [5.74, 6) is -0.325. The summed E-state index contributed by atoms with van der Waals surface area (Å²) in [5.41, 5.74) is -8.20. The molecule has 0 aliphatic heterocycles. The highest BCUT2D eigenvalue weighted by molar-refractivity contribution is 5.81. The topological polar surface area (TPSA) is 259 Å². The van der Waals surface area contributed by atoms with Crippen LogP contribution < -0.4 is 0 Å². The molecule has 16 fully saturated rings. The van der Waals surface area contributed by atoms with Gasteiger partial charge in [-0.1, -0.05) is 62.3 Å². The quantitative estimate of drug-likeness (QED) is 0.0711. The number of esters is 6. The van der Waals surface area contributed by atoms with E-state index in [2.05, 4.69) is 27.7 Å². The number of hydrogen-bond acceptors (Lipinski definition) is 17. The largest absolute Gasteiger partial charge is 0.458 e. The van der Waals surface area contributed by atoms with E-state index in [4.69, 9.17) is 28.4 Å². The molecule has 0 radical (unpaired) electrons. The van der Waals surface area contributed by atoms with E-state index in [1.165, 1.54) is 0 Å². The molecule has 5 N–H and O–H groups in total. The van der Waals surface area contributed by atoms with Crippen molar-refractivity contribution in [2.45, 2.75) is 335 Å². The Balaban J connectivity index is 0.000000142. The number of carbonyl (C=O) groups excluding carboxylic acids is 6. The van der Waals surface area contributed by atoms with Gasteiger partial charge in [0.15, 0.2) is 13.2 Å². The Morgan fingerprint density at radius 2 is 0.667 bits per heavy atom. The van der Waals surface area contributed by atoms with Crippen LogP contribution in [-0.4, -0.2) is 125 Å². The average molecular weight is 1270 g/mol. The molecule has 0 spiro atoms. The monoisotopic (exact) mass is 1270 g/mol. The van der Waals surface area contributed by atoms with E-state index >= 15 is 0 Å². The van der Waals surface area contributed by atoms with E-state index in [0.29, 0.717) is 81.5 Å². The Kier molecular flexibility index (Phi) is 18.3. The van der Waals surface area contributed by atoms with Crippen LogP contribution in [0.3, 0.4) is 0 Å². The second-order valence-corrected chi connectivity index (χ2v) is 36.8. The van der Waals surface area contributed by atoms with Crippen molar-refractivity contribution in [1.82, 2.24) is 0 Å². The van der Waals surface area contributed by atoms with Crippen molar-refractivity contribution in [3.05, 3.63) is 0 Å². The summed E-state index contributed by atoms with van der Waals surface area (Å²) in [7, 11) is 0. The summed E-state index contributed by atoms with van der Waals surface area (Å²) in [6.45, 7) is 32.8. The third-order valence-corrected chi connectivity index (χ3v) is 26.0. The maximum atomic E-state index is 12.7. The van der Waals surface area contributed by atoms with Gasteiger partial charge in [-0.2, -0.15) is 0 Å². The lowest BCUT2D eigenvalue weighted by molar-refractivity contribution is -0.311. The van der Waals surface area contributed by atoms with Crippen molar-refractivity contribution in [3.63, 3.8) is 0 Å². The van der Waals surface area contributed by atoms with Crippen LogP contribution in [0.4, 0.5) is 0 Å². The predicted molar refractivity (Wildman–Crippen MR) is 336 cm³/mol. The Hall–Kier alpha value is -3.38. The fraction of sp³-hybridized carbons (Fsp3) is 0.918. The summed E-state index contributed by atoms with van der Waals surface area (Å²) in [4.78, 5) is 73.6. The molecule has 0 aromatic heterocycles. The maximum Gasteiger partial charge on any atom is 0.344 e. The molecular weight excluding hydrogens is 1150 g/mol. The Morgan fingerprint density at radius 3 is 0.978 bits per heavy atom. The molecule has 16 bridgehead atoms. The molecule has 16 aliphatic carbocycles. The maximum absolute atomic E-state index is 12.7. The van der Waals surface area contributed by atoms with Gasteiger partial charge in [0.05, 0.1) is 49.7 Å². The molecular formula is C73H118O17. The van der Waals surface area contributed by atoms with Gasteiger partial charge < -0.3 is 54.0 Å². The summed E-state index contributed by atoms with van der Waals surface area (Å²) in [6.07, 6.45) is 20.5. The predicted octanol–water partition coefficient (Wildman–Crippen LogP) is 12.1. The van der Waals surface area contributed by atoms with Crippen molar-refractivity contribution in [3.8, 4) is 0 Å². The molecule has 16 rings (SSSR count). The van der Waals surface area contributed by atoms with Crippen molar-refractivity contribution in [2.24, 2.45) is 73.4 Å². The molecule has 16 aliphatic rings. The number of aliphatic hydroxyl groups is 5. The van der Waals surface area contributed by atoms with Crippen LogP contribution in [0.15, 0.2) is 0 Å². The highest BCUT2D eigenvalue weighted by Gasteiger charge is 2.73. The number of carbonyl (C=O) groups is 6. The Labute approximate surface area is 538 Å². The molecule has 90 heavy (non-hydrogen) atoms. The third-order valence-electron chi connectivity index (χ3n) is 26.0. The van der Waals surface area contributed by atoms with E-state index in [-0.39, 0.29) is 65.2 Å². The van der Waals surface area contributed by atoms with E-state index in [1.807, 2.05) is 62.3 Å². The molecule has 0 heterocycles. The summed E-state index contributed by atoms with van der Waals surface area (Å²) in [6, 6.07) is 0. The third kappa shape index (κ3) is 13.9. The van der Waals surface area contributed by atoms with Gasteiger partial charge in [0, 0.05) is 37.5 Å². The number of rotatable bonds is 16. The highest BCUT2D eigenvalue weighted by atomic mass is 16.6. The van der Waals surface area contributed by atoms with Crippen LogP contribution in [0.1, 0.15) is 285 Å². The van der Waals surface area contributed by atoms with E-state index in [0.717, 1.165) is 109 Å². The first kappa shape index (κ1) is 70.9. The molecule has 0 amide bonds. The second kappa shape index (κ2) is 23.2. The fourth-order valence-corrected chi connectivity index (χ4v) is 21.8. The van der Waals surface area contributed by atoms with E-state index in [9.17, 15) is 54.3 Å². The lowest BCUT2D eigenvalue weighted by Gasteiger charge is -2.70. The first-order chi connectivity index (χ1) is 41.1. The normalized spacial score (nSPS) is 44.2.